The molecule has 2 amide bonds. The smallest absolute Gasteiger partial charge is 0.250 e. The number of hydrogen-bond donors (Lipinski definition) is 1. The minimum absolute atomic E-state index is 0.371. The zero-order valence-electron chi connectivity index (χ0n) is 11.3. The highest BCUT2D eigenvalue weighted by Gasteiger charge is 2.31. The van der Waals surface area contributed by atoms with Crippen molar-refractivity contribution >= 4 is 40.6 Å². The van der Waals surface area contributed by atoms with Crippen LogP contribution in [0.2, 0.25) is 10.0 Å². The van der Waals surface area contributed by atoms with Gasteiger partial charge in [0, 0.05) is 16.1 Å². The summed E-state index contributed by atoms with van der Waals surface area (Å²) < 4.78 is 0. The molecule has 1 N–H and O–H groups in total. The first kappa shape index (κ1) is 14.8. The van der Waals surface area contributed by atoms with Crippen LogP contribution in [-0.4, -0.2) is 11.8 Å². The van der Waals surface area contributed by atoms with E-state index in [1.807, 2.05) is 12.1 Å². The summed E-state index contributed by atoms with van der Waals surface area (Å²) in [6.07, 6.45) is 1.43. The number of nitrogens with one attached hydrogen (secondary N) is 1. The Balaban J connectivity index is 2.15. The lowest BCUT2D eigenvalue weighted by Crippen LogP contribution is -2.38. The SMILES string of the molecule is O=C1C=C(c2cccc(Cl)c2)C(c2cccc(Cl)c2)C(=O)N1. The van der Waals surface area contributed by atoms with Gasteiger partial charge in [-0.3, -0.25) is 14.9 Å². The van der Waals surface area contributed by atoms with E-state index in [0.29, 0.717) is 15.6 Å². The minimum atomic E-state index is -0.602. The quantitative estimate of drug-likeness (QED) is 0.850. The zero-order valence-corrected chi connectivity index (χ0v) is 12.9. The number of hydrogen-bond acceptors (Lipinski definition) is 2. The molecule has 3 nitrogen and oxygen atoms in total. The second kappa shape index (κ2) is 5.95. The lowest BCUT2D eigenvalue weighted by molar-refractivity contribution is -0.128. The van der Waals surface area contributed by atoms with Crippen molar-refractivity contribution in [2.24, 2.45) is 0 Å². The molecule has 2 aromatic carbocycles. The Morgan fingerprint density at radius 1 is 0.909 bits per heavy atom. The zero-order chi connectivity index (χ0) is 15.7. The van der Waals surface area contributed by atoms with E-state index in [-0.39, 0.29) is 5.91 Å². The third-order valence-corrected chi connectivity index (χ3v) is 3.92. The summed E-state index contributed by atoms with van der Waals surface area (Å²) in [6.45, 7) is 0. The molecule has 0 spiro atoms. The van der Waals surface area contributed by atoms with Gasteiger partial charge in [0.25, 0.3) is 5.91 Å². The monoisotopic (exact) mass is 331 g/mol. The van der Waals surface area contributed by atoms with Crippen LogP contribution in [0.3, 0.4) is 0 Å². The molecule has 3 rings (SSSR count). The van der Waals surface area contributed by atoms with Crippen molar-refractivity contribution in [1.82, 2.24) is 5.32 Å². The summed E-state index contributed by atoms with van der Waals surface area (Å²) in [4.78, 5) is 24.1. The maximum absolute atomic E-state index is 12.3. The van der Waals surface area contributed by atoms with E-state index in [4.69, 9.17) is 23.2 Å². The fourth-order valence-electron chi connectivity index (χ4n) is 2.53. The van der Waals surface area contributed by atoms with Crippen LogP contribution in [0, 0.1) is 0 Å². The third kappa shape index (κ3) is 2.91. The number of imide groups is 1. The number of halogens is 2. The molecule has 0 radical (unpaired) electrons. The topological polar surface area (TPSA) is 46.2 Å². The molecule has 0 bridgehead atoms. The van der Waals surface area contributed by atoms with Gasteiger partial charge in [0.2, 0.25) is 5.91 Å². The predicted octanol–water partition coefficient (Wildman–Crippen LogP) is 3.82. The van der Waals surface area contributed by atoms with Crippen molar-refractivity contribution in [2.45, 2.75) is 5.92 Å². The largest absolute Gasteiger partial charge is 0.292 e. The van der Waals surface area contributed by atoms with Gasteiger partial charge < -0.3 is 0 Å². The van der Waals surface area contributed by atoms with Crippen molar-refractivity contribution in [3.05, 3.63) is 75.8 Å². The molecule has 22 heavy (non-hydrogen) atoms. The van der Waals surface area contributed by atoms with Crippen LogP contribution in [0.4, 0.5) is 0 Å². The highest BCUT2D eigenvalue weighted by Crippen LogP contribution is 2.36. The normalized spacial score (nSPS) is 17.9. The molecule has 1 unspecified atom stereocenters. The molecule has 0 aliphatic carbocycles. The maximum Gasteiger partial charge on any atom is 0.250 e. The van der Waals surface area contributed by atoms with E-state index >= 15 is 0 Å². The van der Waals surface area contributed by atoms with Gasteiger partial charge in [-0.25, -0.2) is 0 Å². The Bertz CT molecular complexity index is 799. The predicted molar refractivity (Wildman–Crippen MR) is 86.8 cm³/mol. The molecule has 0 saturated heterocycles. The van der Waals surface area contributed by atoms with E-state index in [2.05, 4.69) is 5.32 Å². The van der Waals surface area contributed by atoms with Gasteiger partial charge in [0.1, 0.15) is 0 Å². The van der Waals surface area contributed by atoms with Crippen LogP contribution in [0.15, 0.2) is 54.6 Å². The molecule has 0 saturated carbocycles. The van der Waals surface area contributed by atoms with E-state index in [1.165, 1.54) is 6.08 Å². The summed E-state index contributed by atoms with van der Waals surface area (Å²) >= 11 is 12.0. The van der Waals surface area contributed by atoms with Crippen molar-refractivity contribution < 1.29 is 9.59 Å². The Morgan fingerprint density at radius 2 is 1.59 bits per heavy atom. The molecule has 1 atom stereocenters. The number of benzene rings is 2. The summed E-state index contributed by atoms with van der Waals surface area (Å²) in [5.41, 5.74) is 2.07. The molecule has 110 valence electrons. The fourth-order valence-corrected chi connectivity index (χ4v) is 2.92. The van der Waals surface area contributed by atoms with Crippen LogP contribution >= 0.6 is 23.2 Å². The molecule has 2 aromatic rings. The van der Waals surface area contributed by atoms with E-state index < -0.39 is 11.8 Å². The molecular weight excluding hydrogens is 321 g/mol. The Morgan fingerprint density at radius 3 is 2.27 bits per heavy atom. The third-order valence-electron chi connectivity index (χ3n) is 3.45. The van der Waals surface area contributed by atoms with Gasteiger partial charge in [-0.15, -0.1) is 0 Å². The number of carbonyl (C=O) groups is 2. The van der Waals surface area contributed by atoms with E-state index in [9.17, 15) is 9.59 Å². The highest BCUT2D eigenvalue weighted by molar-refractivity contribution is 6.31. The molecule has 1 aliphatic rings. The number of carbonyl (C=O) groups excluding carboxylic acids is 2. The van der Waals surface area contributed by atoms with Gasteiger partial charge in [-0.2, -0.15) is 0 Å². The number of rotatable bonds is 2. The van der Waals surface area contributed by atoms with Crippen LogP contribution in [-0.2, 0) is 9.59 Å². The maximum atomic E-state index is 12.3. The average molecular weight is 332 g/mol. The van der Waals surface area contributed by atoms with Crippen LogP contribution in [0.5, 0.6) is 0 Å². The molecule has 0 fully saturated rings. The summed E-state index contributed by atoms with van der Waals surface area (Å²) in [5.74, 6) is -1.40. The van der Waals surface area contributed by atoms with E-state index in [1.54, 1.807) is 36.4 Å². The average Bonchev–Trinajstić information content (AvgIpc) is 2.46. The first-order valence-corrected chi connectivity index (χ1v) is 7.38. The molecule has 1 aliphatic heterocycles. The molecule has 5 heteroatoms. The lowest BCUT2D eigenvalue weighted by atomic mass is 9.84. The van der Waals surface area contributed by atoms with Crippen LogP contribution < -0.4 is 5.32 Å². The standard InChI is InChI=1S/C17H11Cl2NO2/c18-12-5-1-3-10(7-12)14-9-15(21)20-17(22)16(14)11-4-2-6-13(19)8-11/h1-9,16H,(H,20,21,22). The first-order valence-electron chi connectivity index (χ1n) is 6.62. The highest BCUT2D eigenvalue weighted by atomic mass is 35.5. The molecule has 1 heterocycles. The Hall–Kier alpha value is -2.10. The second-order valence-corrected chi connectivity index (χ2v) is 5.82. The van der Waals surface area contributed by atoms with Crippen molar-refractivity contribution in [1.29, 1.82) is 0 Å². The van der Waals surface area contributed by atoms with Crippen molar-refractivity contribution in [3.8, 4) is 0 Å². The summed E-state index contributed by atoms with van der Waals surface area (Å²) in [7, 11) is 0. The minimum Gasteiger partial charge on any atom is -0.292 e. The van der Waals surface area contributed by atoms with Gasteiger partial charge in [-0.05, 0) is 41.0 Å². The van der Waals surface area contributed by atoms with Crippen molar-refractivity contribution in [2.75, 3.05) is 0 Å². The molecule has 0 aromatic heterocycles. The van der Waals surface area contributed by atoms with Crippen LogP contribution in [0.25, 0.3) is 5.57 Å². The Kier molecular flexibility index (Phi) is 4.01. The number of amides is 2. The first-order chi connectivity index (χ1) is 10.5. The second-order valence-electron chi connectivity index (χ2n) is 4.95. The van der Waals surface area contributed by atoms with Crippen molar-refractivity contribution in [3.63, 3.8) is 0 Å². The van der Waals surface area contributed by atoms with Gasteiger partial charge in [-0.1, -0.05) is 47.5 Å². The fraction of sp³-hybridized carbons (Fsp3) is 0.0588. The van der Waals surface area contributed by atoms with Gasteiger partial charge >= 0.3 is 0 Å². The van der Waals surface area contributed by atoms with E-state index in [0.717, 1.165) is 11.1 Å². The summed E-state index contributed by atoms with van der Waals surface area (Å²) in [5, 5.41) is 3.41. The van der Waals surface area contributed by atoms with Crippen LogP contribution in [0.1, 0.15) is 17.0 Å². The lowest BCUT2D eigenvalue weighted by Gasteiger charge is -2.24. The van der Waals surface area contributed by atoms with Gasteiger partial charge in [0.15, 0.2) is 0 Å². The Labute approximate surface area is 137 Å². The summed E-state index contributed by atoms with van der Waals surface area (Å²) in [6, 6.07) is 14.1. The molecular formula is C17H11Cl2NO2. The van der Waals surface area contributed by atoms with Gasteiger partial charge in [0.05, 0.1) is 5.92 Å².